The van der Waals surface area contributed by atoms with Crippen molar-refractivity contribution in [1.29, 1.82) is 0 Å². The molecule has 2 rings (SSSR count). The lowest BCUT2D eigenvalue weighted by Gasteiger charge is -2.12. The van der Waals surface area contributed by atoms with E-state index in [9.17, 15) is 24.5 Å². The number of nitro groups is 1. The van der Waals surface area contributed by atoms with E-state index >= 15 is 0 Å². The Kier molecular flexibility index (Phi) is 7.45. The van der Waals surface area contributed by atoms with Crippen LogP contribution in [0.1, 0.15) is 34.6 Å². The average Bonchev–Trinajstić information content (AvgIpc) is 2.72. The van der Waals surface area contributed by atoms with Crippen LogP contribution in [0.15, 0.2) is 36.4 Å². The monoisotopic (exact) mass is 416 g/mol. The molecule has 0 atom stereocenters. The third-order valence-electron chi connectivity index (χ3n) is 3.89. The van der Waals surface area contributed by atoms with Gasteiger partial charge >= 0.3 is 5.97 Å². The highest BCUT2D eigenvalue weighted by Gasteiger charge is 2.26. The molecule has 0 fully saturated rings. The molecule has 10 nitrogen and oxygen atoms in total. The van der Waals surface area contributed by atoms with Gasteiger partial charge in [-0.15, -0.1) is 0 Å². The molecule has 0 saturated carbocycles. The fourth-order valence-corrected chi connectivity index (χ4v) is 2.51. The highest BCUT2D eigenvalue weighted by molar-refractivity contribution is 5.99. The Morgan fingerprint density at radius 2 is 1.87 bits per heavy atom. The summed E-state index contributed by atoms with van der Waals surface area (Å²) in [5.41, 5.74) is -0.176. The molecule has 2 aromatic carbocycles. The summed E-state index contributed by atoms with van der Waals surface area (Å²) in [6.45, 7) is 2.64. The van der Waals surface area contributed by atoms with Crippen molar-refractivity contribution in [3.8, 4) is 11.5 Å². The molecule has 0 aromatic heterocycles. The lowest BCUT2D eigenvalue weighted by atomic mass is 10.1. The molecule has 0 radical (unpaired) electrons. The molecule has 0 heterocycles. The van der Waals surface area contributed by atoms with E-state index in [1.165, 1.54) is 20.1 Å². The number of Topliss-reactive ketones (excluding diaryl/α,β-unsaturated/α-hetero) is 1. The van der Waals surface area contributed by atoms with E-state index in [4.69, 9.17) is 14.2 Å². The first-order valence-electron chi connectivity index (χ1n) is 8.84. The number of rotatable bonds is 9. The number of anilines is 1. The predicted octanol–water partition coefficient (Wildman–Crippen LogP) is 3.00. The Labute approximate surface area is 171 Å². The van der Waals surface area contributed by atoms with Crippen molar-refractivity contribution in [2.24, 2.45) is 0 Å². The summed E-state index contributed by atoms with van der Waals surface area (Å²) in [4.78, 5) is 46.4. The van der Waals surface area contributed by atoms with Crippen LogP contribution in [0, 0.1) is 10.1 Å². The van der Waals surface area contributed by atoms with Gasteiger partial charge in [-0.3, -0.25) is 19.7 Å². The van der Waals surface area contributed by atoms with Crippen LogP contribution < -0.4 is 14.8 Å². The summed E-state index contributed by atoms with van der Waals surface area (Å²) < 4.78 is 15.3. The maximum atomic E-state index is 12.4. The van der Waals surface area contributed by atoms with E-state index in [-0.39, 0.29) is 29.5 Å². The number of amides is 1. The van der Waals surface area contributed by atoms with Crippen LogP contribution >= 0.6 is 0 Å². The molecule has 0 bridgehead atoms. The third kappa shape index (κ3) is 5.53. The highest BCUT2D eigenvalue weighted by atomic mass is 16.6. The normalized spacial score (nSPS) is 10.1. The van der Waals surface area contributed by atoms with Gasteiger partial charge in [0.05, 0.1) is 24.7 Å². The molecule has 10 heteroatoms. The van der Waals surface area contributed by atoms with Gasteiger partial charge in [0.25, 0.3) is 11.6 Å². The fourth-order valence-electron chi connectivity index (χ4n) is 2.51. The van der Waals surface area contributed by atoms with Crippen LogP contribution in [0.2, 0.25) is 0 Å². The molecular weight excluding hydrogens is 396 g/mol. The standard InChI is InChI=1S/C20H20N2O8/c1-4-29-18-10-16(22(26)27)15(9-17(18)28-3)20(25)30-11-19(24)21-14-7-5-6-13(8-14)12(2)23/h5-10H,4,11H2,1-3H3,(H,21,24). The van der Waals surface area contributed by atoms with Crippen LogP contribution in [0.5, 0.6) is 11.5 Å². The summed E-state index contributed by atoms with van der Waals surface area (Å²) in [7, 11) is 1.32. The molecule has 0 saturated heterocycles. The number of methoxy groups -OCH3 is 1. The van der Waals surface area contributed by atoms with Crippen molar-refractivity contribution in [2.45, 2.75) is 13.8 Å². The number of carbonyl (C=O) groups excluding carboxylic acids is 3. The van der Waals surface area contributed by atoms with E-state index in [2.05, 4.69) is 5.32 Å². The van der Waals surface area contributed by atoms with Crippen molar-refractivity contribution < 1.29 is 33.5 Å². The van der Waals surface area contributed by atoms with E-state index in [1.807, 2.05) is 0 Å². The summed E-state index contributed by atoms with van der Waals surface area (Å²) >= 11 is 0. The number of carbonyl (C=O) groups is 3. The second kappa shape index (κ2) is 10.0. The van der Waals surface area contributed by atoms with Crippen LogP contribution in [-0.4, -0.2) is 42.9 Å². The quantitative estimate of drug-likeness (QED) is 0.285. The molecule has 1 amide bonds. The number of benzene rings is 2. The first kappa shape index (κ1) is 22.3. The van der Waals surface area contributed by atoms with Gasteiger partial charge in [-0.2, -0.15) is 0 Å². The van der Waals surface area contributed by atoms with Gasteiger partial charge in [0.15, 0.2) is 23.9 Å². The van der Waals surface area contributed by atoms with E-state index < -0.39 is 29.1 Å². The van der Waals surface area contributed by atoms with Crippen molar-refractivity contribution >= 4 is 29.0 Å². The van der Waals surface area contributed by atoms with E-state index in [0.717, 1.165) is 12.1 Å². The van der Waals surface area contributed by atoms with E-state index in [0.29, 0.717) is 11.3 Å². The van der Waals surface area contributed by atoms with Crippen LogP contribution in [0.4, 0.5) is 11.4 Å². The number of nitro benzene ring substituents is 1. The first-order valence-corrected chi connectivity index (χ1v) is 8.84. The lowest BCUT2D eigenvalue weighted by Crippen LogP contribution is -2.21. The number of ether oxygens (including phenoxy) is 3. The molecule has 1 N–H and O–H groups in total. The van der Waals surface area contributed by atoms with Crippen LogP contribution in [0.25, 0.3) is 0 Å². The number of ketones is 1. The minimum atomic E-state index is -1.07. The molecule has 0 aliphatic carbocycles. The number of hydrogen-bond donors (Lipinski definition) is 1. The lowest BCUT2D eigenvalue weighted by molar-refractivity contribution is -0.385. The number of esters is 1. The Morgan fingerprint density at radius 1 is 1.13 bits per heavy atom. The Morgan fingerprint density at radius 3 is 2.47 bits per heavy atom. The summed E-state index contributed by atoms with van der Waals surface area (Å²) in [5, 5.41) is 13.8. The summed E-state index contributed by atoms with van der Waals surface area (Å²) in [6.07, 6.45) is 0. The zero-order valence-corrected chi connectivity index (χ0v) is 16.6. The van der Waals surface area contributed by atoms with Crippen molar-refractivity contribution in [1.82, 2.24) is 0 Å². The largest absolute Gasteiger partial charge is 0.493 e. The average molecular weight is 416 g/mol. The molecule has 30 heavy (non-hydrogen) atoms. The van der Waals surface area contributed by atoms with Crippen molar-refractivity contribution in [2.75, 3.05) is 25.6 Å². The second-order valence-corrected chi connectivity index (χ2v) is 5.97. The first-order chi connectivity index (χ1) is 14.3. The zero-order chi connectivity index (χ0) is 22.3. The molecule has 158 valence electrons. The van der Waals surface area contributed by atoms with Gasteiger partial charge in [0.1, 0.15) is 5.56 Å². The summed E-state index contributed by atoms with van der Waals surface area (Å²) in [5.74, 6) is -1.71. The number of nitrogens with one attached hydrogen (secondary N) is 1. The van der Waals surface area contributed by atoms with Gasteiger partial charge in [-0.1, -0.05) is 12.1 Å². The second-order valence-electron chi connectivity index (χ2n) is 5.97. The fraction of sp³-hybridized carbons (Fsp3) is 0.250. The molecule has 0 aliphatic rings. The molecule has 2 aromatic rings. The molecule has 0 unspecified atom stereocenters. The van der Waals surface area contributed by atoms with Gasteiger partial charge < -0.3 is 19.5 Å². The maximum Gasteiger partial charge on any atom is 0.345 e. The van der Waals surface area contributed by atoms with E-state index in [1.54, 1.807) is 25.1 Å². The van der Waals surface area contributed by atoms with Crippen molar-refractivity contribution in [3.05, 3.63) is 57.6 Å². The maximum absolute atomic E-state index is 12.4. The SMILES string of the molecule is CCOc1cc([N+](=O)[O-])c(C(=O)OCC(=O)Nc2cccc(C(C)=O)c2)cc1OC. The number of nitrogens with zero attached hydrogens (tertiary/aromatic N) is 1. The van der Waals surface area contributed by atoms with Gasteiger partial charge in [-0.05, 0) is 26.0 Å². The molecular formula is C20H20N2O8. The minimum Gasteiger partial charge on any atom is -0.493 e. The van der Waals surface area contributed by atoms with Gasteiger partial charge in [0, 0.05) is 17.3 Å². The third-order valence-corrected chi connectivity index (χ3v) is 3.89. The minimum absolute atomic E-state index is 0.103. The van der Waals surface area contributed by atoms with Crippen LogP contribution in [-0.2, 0) is 9.53 Å². The predicted molar refractivity (Wildman–Crippen MR) is 106 cm³/mol. The Bertz CT molecular complexity index is 987. The number of hydrogen-bond acceptors (Lipinski definition) is 8. The van der Waals surface area contributed by atoms with Crippen LogP contribution in [0.3, 0.4) is 0 Å². The van der Waals surface area contributed by atoms with Crippen molar-refractivity contribution in [3.63, 3.8) is 0 Å². The topological polar surface area (TPSA) is 134 Å². The zero-order valence-electron chi connectivity index (χ0n) is 16.6. The molecule has 0 spiro atoms. The Hall–Kier alpha value is -3.95. The summed E-state index contributed by atoms with van der Waals surface area (Å²) in [6, 6.07) is 8.41. The smallest absolute Gasteiger partial charge is 0.345 e. The Balaban J connectivity index is 2.13. The van der Waals surface area contributed by atoms with Gasteiger partial charge in [0.2, 0.25) is 0 Å². The van der Waals surface area contributed by atoms with Gasteiger partial charge in [-0.25, -0.2) is 4.79 Å². The molecule has 0 aliphatic heterocycles. The highest BCUT2D eigenvalue weighted by Crippen LogP contribution is 2.35.